The largest absolute Gasteiger partial charge is 0.454 e. The summed E-state index contributed by atoms with van der Waals surface area (Å²) in [5, 5.41) is 11.1. The van der Waals surface area contributed by atoms with Crippen LogP contribution in [0, 0.1) is 11.3 Å². The number of thiophene rings is 1. The van der Waals surface area contributed by atoms with Crippen molar-refractivity contribution in [3.8, 4) is 17.6 Å². The van der Waals surface area contributed by atoms with Crippen molar-refractivity contribution in [2.45, 2.75) is 0 Å². The van der Waals surface area contributed by atoms with Gasteiger partial charge in [-0.15, -0.1) is 11.3 Å². The van der Waals surface area contributed by atoms with Crippen LogP contribution < -0.4 is 9.47 Å². The summed E-state index contributed by atoms with van der Waals surface area (Å²) in [6.45, 7) is 0.262. The first-order valence-electron chi connectivity index (χ1n) is 5.42. The molecule has 1 aliphatic heterocycles. The summed E-state index contributed by atoms with van der Waals surface area (Å²) in [5.41, 5.74) is 1.59. The molecule has 0 saturated heterocycles. The average Bonchev–Trinajstić information content (AvgIpc) is 3.06. The van der Waals surface area contributed by atoms with Crippen LogP contribution in [0.25, 0.3) is 11.6 Å². The van der Waals surface area contributed by atoms with Gasteiger partial charge in [-0.05, 0) is 35.2 Å². The van der Waals surface area contributed by atoms with E-state index in [9.17, 15) is 5.26 Å². The summed E-state index contributed by atoms with van der Waals surface area (Å²) in [7, 11) is 0. The lowest BCUT2D eigenvalue weighted by atomic mass is 10.1. The van der Waals surface area contributed by atoms with Gasteiger partial charge in [0, 0.05) is 4.88 Å². The van der Waals surface area contributed by atoms with Gasteiger partial charge in [0.25, 0.3) is 0 Å². The molecule has 1 aromatic carbocycles. The molecular formula is C14H9NO2S. The molecule has 3 nitrogen and oxygen atoms in total. The molecule has 0 spiro atoms. The number of rotatable bonds is 2. The number of ether oxygens (including phenoxy) is 2. The Morgan fingerprint density at radius 1 is 1.28 bits per heavy atom. The van der Waals surface area contributed by atoms with Gasteiger partial charge in [0.1, 0.15) is 6.07 Å². The van der Waals surface area contributed by atoms with Crippen molar-refractivity contribution in [1.29, 1.82) is 5.26 Å². The third-order valence-corrected chi connectivity index (χ3v) is 3.52. The molecule has 0 fully saturated rings. The molecule has 0 aliphatic carbocycles. The average molecular weight is 255 g/mol. The van der Waals surface area contributed by atoms with Crippen LogP contribution in [0.2, 0.25) is 0 Å². The minimum absolute atomic E-state index is 0.262. The highest BCUT2D eigenvalue weighted by Crippen LogP contribution is 2.33. The first kappa shape index (κ1) is 10.9. The fourth-order valence-electron chi connectivity index (χ4n) is 1.76. The lowest BCUT2D eigenvalue weighted by molar-refractivity contribution is 0.174. The van der Waals surface area contributed by atoms with E-state index in [4.69, 9.17) is 9.47 Å². The highest BCUT2D eigenvalue weighted by molar-refractivity contribution is 7.11. The van der Waals surface area contributed by atoms with E-state index < -0.39 is 0 Å². The normalized spacial score (nSPS) is 13.4. The van der Waals surface area contributed by atoms with Crippen LogP contribution in [0.3, 0.4) is 0 Å². The van der Waals surface area contributed by atoms with Crippen molar-refractivity contribution in [3.63, 3.8) is 0 Å². The van der Waals surface area contributed by atoms with Crippen LogP contribution >= 0.6 is 11.3 Å². The third kappa shape index (κ3) is 1.96. The Morgan fingerprint density at radius 2 is 2.17 bits per heavy atom. The van der Waals surface area contributed by atoms with Crippen LogP contribution in [0.4, 0.5) is 0 Å². The quantitative estimate of drug-likeness (QED) is 0.771. The number of benzene rings is 1. The molecule has 0 unspecified atom stereocenters. The summed E-state index contributed by atoms with van der Waals surface area (Å²) in [5.74, 6) is 1.48. The summed E-state index contributed by atoms with van der Waals surface area (Å²) in [6, 6.07) is 11.7. The van der Waals surface area contributed by atoms with E-state index in [0.717, 1.165) is 21.9 Å². The minimum Gasteiger partial charge on any atom is -0.454 e. The Balaban J connectivity index is 1.98. The van der Waals surface area contributed by atoms with E-state index >= 15 is 0 Å². The Kier molecular flexibility index (Phi) is 2.75. The van der Waals surface area contributed by atoms with Gasteiger partial charge in [-0.2, -0.15) is 5.26 Å². The monoisotopic (exact) mass is 255 g/mol. The van der Waals surface area contributed by atoms with Gasteiger partial charge in [-0.3, -0.25) is 0 Å². The maximum Gasteiger partial charge on any atom is 0.231 e. The molecule has 3 rings (SSSR count). The van der Waals surface area contributed by atoms with Crippen LogP contribution in [-0.4, -0.2) is 6.79 Å². The van der Waals surface area contributed by atoms with Crippen molar-refractivity contribution < 1.29 is 9.47 Å². The molecule has 0 atom stereocenters. The number of nitriles is 1. The molecule has 4 heteroatoms. The van der Waals surface area contributed by atoms with Crippen molar-refractivity contribution in [2.24, 2.45) is 0 Å². The van der Waals surface area contributed by atoms with Gasteiger partial charge in [-0.1, -0.05) is 12.1 Å². The van der Waals surface area contributed by atoms with E-state index in [2.05, 4.69) is 6.07 Å². The molecule has 0 amide bonds. The first-order valence-corrected chi connectivity index (χ1v) is 6.30. The Labute approximate surface area is 109 Å². The standard InChI is InChI=1S/C14H9NO2S/c15-8-11(14-2-1-5-18-14)6-10-3-4-12-13(7-10)17-9-16-12/h1-7H,9H2. The molecule has 88 valence electrons. The second-order valence-corrected chi connectivity index (χ2v) is 4.71. The minimum atomic E-state index is 0.262. The first-order chi connectivity index (χ1) is 8.86. The second-order valence-electron chi connectivity index (χ2n) is 3.76. The predicted octanol–water partition coefficient (Wildman–Crippen LogP) is 3.54. The second kappa shape index (κ2) is 4.55. The SMILES string of the molecule is N#CC(=Cc1ccc2c(c1)OCO2)c1cccs1. The maximum absolute atomic E-state index is 9.19. The molecule has 2 aromatic rings. The van der Waals surface area contributed by atoms with Crippen LogP contribution in [0.15, 0.2) is 35.7 Å². The number of fused-ring (bicyclic) bond motifs is 1. The van der Waals surface area contributed by atoms with Gasteiger partial charge < -0.3 is 9.47 Å². The van der Waals surface area contributed by atoms with Crippen LogP contribution in [-0.2, 0) is 0 Å². The van der Waals surface area contributed by atoms with Gasteiger partial charge in [-0.25, -0.2) is 0 Å². The molecule has 0 N–H and O–H groups in total. The van der Waals surface area contributed by atoms with Gasteiger partial charge >= 0.3 is 0 Å². The topological polar surface area (TPSA) is 42.2 Å². The van der Waals surface area contributed by atoms with Crippen LogP contribution in [0.1, 0.15) is 10.4 Å². The van der Waals surface area contributed by atoms with Gasteiger partial charge in [0.05, 0.1) is 5.57 Å². The van der Waals surface area contributed by atoms with E-state index in [1.54, 1.807) is 11.3 Å². The van der Waals surface area contributed by atoms with E-state index in [-0.39, 0.29) is 6.79 Å². The summed E-state index contributed by atoms with van der Waals surface area (Å²) in [4.78, 5) is 0.968. The molecule has 18 heavy (non-hydrogen) atoms. The molecule has 0 saturated carbocycles. The Hall–Kier alpha value is -2.25. The molecule has 0 radical (unpaired) electrons. The zero-order valence-electron chi connectivity index (χ0n) is 9.42. The lowest BCUT2D eigenvalue weighted by Crippen LogP contribution is -1.92. The van der Waals surface area contributed by atoms with Crippen molar-refractivity contribution >= 4 is 23.0 Å². The fourth-order valence-corrected chi connectivity index (χ4v) is 2.45. The maximum atomic E-state index is 9.19. The molecule has 0 bridgehead atoms. The van der Waals surface area contributed by atoms with Crippen LogP contribution in [0.5, 0.6) is 11.5 Å². The number of hydrogen-bond acceptors (Lipinski definition) is 4. The summed E-state index contributed by atoms with van der Waals surface area (Å²) < 4.78 is 10.6. The third-order valence-electron chi connectivity index (χ3n) is 2.61. The van der Waals surface area contributed by atoms with E-state index in [1.807, 2.05) is 41.8 Å². The van der Waals surface area contributed by atoms with Gasteiger partial charge in [0.15, 0.2) is 11.5 Å². The highest BCUT2D eigenvalue weighted by atomic mass is 32.1. The lowest BCUT2D eigenvalue weighted by Gasteiger charge is -1.99. The zero-order valence-corrected chi connectivity index (χ0v) is 10.2. The molecular weight excluding hydrogens is 246 g/mol. The Morgan fingerprint density at radius 3 is 2.94 bits per heavy atom. The van der Waals surface area contributed by atoms with E-state index in [1.165, 1.54) is 0 Å². The molecule has 2 heterocycles. The molecule has 1 aliphatic rings. The number of nitrogens with zero attached hydrogens (tertiary/aromatic N) is 1. The molecule has 1 aromatic heterocycles. The highest BCUT2D eigenvalue weighted by Gasteiger charge is 2.13. The van der Waals surface area contributed by atoms with E-state index in [0.29, 0.717) is 5.57 Å². The fraction of sp³-hybridized carbons (Fsp3) is 0.0714. The van der Waals surface area contributed by atoms with Gasteiger partial charge in [0.2, 0.25) is 6.79 Å². The number of allylic oxidation sites excluding steroid dienone is 1. The summed E-state index contributed by atoms with van der Waals surface area (Å²) in [6.07, 6.45) is 1.85. The predicted molar refractivity (Wildman–Crippen MR) is 70.4 cm³/mol. The van der Waals surface area contributed by atoms with Crippen molar-refractivity contribution in [1.82, 2.24) is 0 Å². The van der Waals surface area contributed by atoms with Crippen molar-refractivity contribution in [3.05, 3.63) is 46.2 Å². The van der Waals surface area contributed by atoms with Crippen molar-refractivity contribution in [2.75, 3.05) is 6.79 Å². The Bertz CT molecular complexity index is 638. The number of hydrogen-bond donors (Lipinski definition) is 0. The smallest absolute Gasteiger partial charge is 0.231 e. The summed E-state index contributed by atoms with van der Waals surface area (Å²) >= 11 is 1.55. The zero-order chi connectivity index (χ0) is 12.4.